The first-order valence-corrected chi connectivity index (χ1v) is 8.79. The number of rotatable bonds is 6. The van der Waals surface area contributed by atoms with E-state index in [2.05, 4.69) is 15.6 Å². The summed E-state index contributed by atoms with van der Waals surface area (Å²) in [6, 6.07) is 16.6. The third kappa shape index (κ3) is 4.94. The maximum absolute atomic E-state index is 12.4. The van der Waals surface area contributed by atoms with E-state index < -0.39 is 5.97 Å². The second-order valence-corrected chi connectivity index (χ2v) is 6.33. The molecule has 142 valence electrons. The van der Waals surface area contributed by atoms with Gasteiger partial charge in [0.1, 0.15) is 0 Å². The minimum absolute atomic E-state index is 0.207. The number of carbonyl (C=O) groups is 2. The van der Waals surface area contributed by atoms with Crippen molar-refractivity contribution in [2.45, 2.75) is 13.5 Å². The molecule has 0 spiro atoms. The van der Waals surface area contributed by atoms with Gasteiger partial charge in [0.05, 0.1) is 30.1 Å². The molecule has 0 aliphatic rings. The van der Waals surface area contributed by atoms with Gasteiger partial charge in [0.2, 0.25) is 0 Å². The van der Waals surface area contributed by atoms with Gasteiger partial charge in [-0.15, -0.1) is 0 Å². The van der Waals surface area contributed by atoms with Gasteiger partial charge in [-0.05, 0) is 36.8 Å². The maximum Gasteiger partial charge on any atom is 0.337 e. The number of nitrogens with zero attached hydrogens (tertiary/aromatic N) is 1. The molecule has 3 aromatic rings. The molecule has 3 rings (SSSR count). The zero-order chi connectivity index (χ0) is 19.9. The fourth-order valence-corrected chi connectivity index (χ4v) is 2.75. The topological polar surface area (TPSA) is 80.3 Å². The Morgan fingerprint density at radius 1 is 0.964 bits per heavy atom. The highest BCUT2D eigenvalue weighted by Gasteiger charge is 2.09. The van der Waals surface area contributed by atoms with E-state index in [1.165, 1.54) is 13.3 Å². The highest BCUT2D eigenvalue weighted by atomic mass is 16.5. The second-order valence-electron chi connectivity index (χ2n) is 6.33. The van der Waals surface area contributed by atoms with Crippen LogP contribution in [0.4, 0.5) is 11.4 Å². The number of amides is 1. The summed E-state index contributed by atoms with van der Waals surface area (Å²) < 4.78 is 4.73. The number of aromatic nitrogens is 1. The monoisotopic (exact) mass is 375 g/mol. The molecule has 0 saturated carbocycles. The molecule has 0 saturated heterocycles. The van der Waals surface area contributed by atoms with Crippen molar-refractivity contribution in [3.8, 4) is 0 Å². The van der Waals surface area contributed by atoms with Gasteiger partial charge in [-0.25, -0.2) is 4.79 Å². The van der Waals surface area contributed by atoms with Gasteiger partial charge in [-0.1, -0.05) is 35.9 Å². The number of benzene rings is 2. The van der Waals surface area contributed by atoms with E-state index in [1.54, 1.807) is 30.5 Å². The van der Waals surface area contributed by atoms with Crippen LogP contribution in [0.3, 0.4) is 0 Å². The summed E-state index contributed by atoms with van der Waals surface area (Å²) in [5.74, 6) is -0.619. The van der Waals surface area contributed by atoms with Gasteiger partial charge >= 0.3 is 5.97 Å². The molecular formula is C22H21N3O3. The van der Waals surface area contributed by atoms with E-state index in [0.717, 1.165) is 11.1 Å². The molecule has 6 heteroatoms. The lowest BCUT2D eigenvalue weighted by molar-refractivity contribution is 0.0600. The molecule has 2 N–H and O–H groups in total. The Bertz CT molecular complexity index is 1000. The Balaban J connectivity index is 1.68. The first-order chi connectivity index (χ1) is 13.5. The molecule has 1 aromatic heterocycles. The van der Waals surface area contributed by atoms with E-state index in [1.807, 2.05) is 37.3 Å². The van der Waals surface area contributed by atoms with E-state index >= 15 is 0 Å². The van der Waals surface area contributed by atoms with Crippen LogP contribution in [0.2, 0.25) is 0 Å². The zero-order valence-corrected chi connectivity index (χ0v) is 15.7. The Hall–Kier alpha value is -3.67. The zero-order valence-electron chi connectivity index (χ0n) is 15.7. The minimum Gasteiger partial charge on any atom is -0.465 e. The number of anilines is 2. The smallest absolute Gasteiger partial charge is 0.337 e. The number of hydrogen-bond donors (Lipinski definition) is 2. The quantitative estimate of drug-likeness (QED) is 0.640. The Labute approximate surface area is 163 Å². The molecule has 0 radical (unpaired) electrons. The van der Waals surface area contributed by atoms with E-state index in [4.69, 9.17) is 4.74 Å². The van der Waals surface area contributed by atoms with Gasteiger partial charge in [0, 0.05) is 18.4 Å². The molecule has 1 amide bonds. The highest BCUT2D eigenvalue weighted by Crippen LogP contribution is 2.18. The summed E-state index contributed by atoms with van der Waals surface area (Å²) in [5.41, 5.74) is 4.41. The number of methoxy groups -OCH3 is 1. The summed E-state index contributed by atoms with van der Waals surface area (Å²) in [6.07, 6.45) is 3.13. The standard InChI is InChI=1S/C22H21N3O3/c1-15-5-3-6-16(9-15)12-24-21(26)18-11-20(14-23-13-18)25-19-8-4-7-17(10-19)22(27)28-2/h3-11,13-14,25H,12H2,1-2H3,(H,24,26). The molecule has 0 unspecified atom stereocenters. The van der Waals surface area contributed by atoms with Crippen LogP contribution in [0.1, 0.15) is 31.8 Å². The maximum atomic E-state index is 12.4. The molecule has 2 aromatic carbocycles. The van der Waals surface area contributed by atoms with Gasteiger partial charge in [0.15, 0.2) is 0 Å². The van der Waals surface area contributed by atoms with Gasteiger partial charge in [-0.2, -0.15) is 0 Å². The number of nitrogens with one attached hydrogen (secondary N) is 2. The Kier molecular flexibility index (Phi) is 6.01. The van der Waals surface area contributed by atoms with Crippen LogP contribution in [0, 0.1) is 6.92 Å². The van der Waals surface area contributed by atoms with E-state index in [9.17, 15) is 9.59 Å². The van der Waals surface area contributed by atoms with Crippen molar-refractivity contribution in [2.75, 3.05) is 12.4 Å². The number of pyridine rings is 1. The van der Waals surface area contributed by atoms with Crippen molar-refractivity contribution >= 4 is 23.3 Å². The summed E-state index contributed by atoms with van der Waals surface area (Å²) >= 11 is 0. The first-order valence-electron chi connectivity index (χ1n) is 8.79. The molecule has 6 nitrogen and oxygen atoms in total. The average Bonchev–Trinajstić information content (AvgIpc) is 2.72. The Morgan fingerprint density at radius 2 is 1.75 bits per heavy atom. The van der Waals surface area contributed by atoms with Crippen molar-refractivity contribution in [3.05, 3.63) is 89.2 Å². The minimum atomic E-state index is -0.411. The fourth-order valence-electron chi connectivity index (χ4n) is 2.75. The SMILES string of the molecule is COC(=O)c1cccc(Nc2cncc(C(=O)NCc3cccc(C)c3)c2)c1. The summed E-state index contributed by atoms with van der Waals surface area (Å²) in [6.45, 7) is 2.46. The molecule has 0 aliphatic carbocycles. The number of hydrogen-bond acceptors (Lipinski definition) is 5. The van der Waals surface area contributed by atoms with Crippen molar-refractivity contribution < 1.29 is 14.3 Å². The summed E-state index contributed by atoms with van der Waals surface area (Å²) in [5, 5.41) is 6.05. The third-order valence-electron chi connectivity index (χ3n) is 4.11. The lowest BCUT2D eigenvalue weighted by atomic mass is 10.1. The normalized spacial score (nSPS) is 10.2. The van der Waals surface area contributed by atoms with E-state index in [-0.39, 0.29) is 5.91 Å². The van der Waals surface area contributed by atoms with Gasteiger partial charge < -0.3 is 15.4 Å². The Morgan fingerprint density at radius 3 is 2.54 bits per heavy atom. The summed E-state index contributed by atoms with van der Waals surface area (Å²) in [7, 11) is 1.34. The molecule has 0 fully saturated rings. The van der Waals surface area contributed by atoms with Gasteiger partial charge in [-0.3, -0.25) is 9.78 Å². The summed E-state index contributed by atoms with van der Waals surface area (Å²) in [4.78, 5) is 28.2. The number of esters is 1. The average molecular weight is 375 g/mol. The number of aryl methyl sites for hydroxylation is 1. The van der Waals surface area contributed by atoms with Crippen LogP contribution in [-0.4, -0.2) is 24.0 Å². The molecule has 28 heavy (non-hydrogen) atoms. The predicted molar refractivity (Wildman–Crippen MR) is 108 cm³/mol. The lowest BCUT2D eigenvalue weighted by Gasteiger charge is -2.10. The third-order valence-corrected chi connectivity index (χ3v) is 4.11. The van der Waals surface area contributed by atoms with Crippen LogP contribution in [0.5, 0.6) is 0 Å². The van der Waals surface area contributed by atoms with Crippen molar-refractivity contribution in [2.24, 2.45) is 0 Å². The van der Waals surface area contributed by atoms with E-state index in [0.29, 0.717) is 29.0 Å². The predicted octanol–water partition coefficient (Wildman–Crippen LogP) is 3.85. The van der Waals surface area contributed by atoms with Crippen molar-refractivity contribution in [1.29, 1.82) is 0 Å². The van der Waals surface area contributed by atoms with Crippen LogP contribution in [0.25, 0.3) is 0 Å². The molecule has 1 heterocycles. The van der Waals surface area contributed by atoms with Crippen LogP contribution in [-0.2, 0) is 11.3 Å². The molecule has 0 bridgehead atoms. The molecule has 0 aliphatic heterocycles. The van der Waals surface area contributed by atoms with Crippen molar-refractivity contribution in [3.63, 3.8) is 0 Å². The fraction of sp³-hybridized carbons (Fsp3) is 0.136. The van der Waals surface area contributed by atoms with Gasteiger partial charge in [0.25, 0.3) is 5.91 Å². The number of ether oxygens (including phenoxy) is 1. The lowest BCUT2D eigenvalue weighted by Crippen LogP contribution is -2.23. The largest absolute Gasteiger partial charge is 0.465 e. The second kappa shape index (κ2) is 8.81. The van der Waals surface area contributed by atoms with Crippen LogP contribution >= 0.6 is 0 Å². The first kappa shape index (κ1) is 19.1. The van der Waals surface area contributed by atoms with Crippen LogP contribution in [0.15, 0.2) is 67.0 Å². The van der Waals surface area contributed by atoms with Crippen LogP contribution < -0.4 is 10.6 Å². The number of carbonyl (C=O) groups excluding carboxylic acids is 2. The van der Waals surface area contributed by atoms with Crippen molar-refractivity contribution in [1.82, 2.24) is 10.3 Å². The highest BCUT2D eigenvalue weighted by molar-refractivity contribution is 5.95. The molecule has 0 atom stereocenters. The molecular weight excluding hydrogens is 354 g/mol.